The molecule has 2 heterocycles. The highest BCUT2D eigenvalue weighted by Crippen LogP contribution is 2.30. The summed E-state index contributed by atoms with van der Waals surface area (Å²) in [6, 6.07) is 14.9. The Labute approximate surface area is 197 Å². The molecule has 0 spiro atoms. The van der Waals surface area contributed by atoms with E-state index in [-0.39, 0.29) is 18.4 Å². The third-order valence-electron chi connectivity index (χ3n) is 6.08. The number of aliphatic carboxylic acids is 1. The van der Waals surface area contributed by atoms with Gasteiger partial charge in [0.15, 0.2) is 0 Å². The van der Waals surface area contributed by atoms with Crippen molar-refractivity contribution in [3.8, 4) is 11.3 Å². The molecule has 1 saturated heterocycles. The fraction of sp³-hybridized carbons (Fsp3) is 0.320. The molecule has 1 atom stereocenters. The standard InChI is InChI=1S/C25H27ClN4O3/c1-16-15-30(11-10-29(16)9-3-6-24(31)32)25(33)18-7-8-20-21(26)14-22(28-23(20)13-18)17-4-2-5-19(27)12-17/h2,4-5,7-8,12-14,16H,3,6,9-11,15,27H2,1H3,(H,31,32)/t16-/m1/s1. The molecule has 8 heteroatoms. The molecule has 0 bridgehead atoms. The number of carboxylic acids is 1. The first kappa shape index (κ1) is 23.0. The number of nitrogens with two attached hydrogens (primary N) is 1. The fourth-order valence-corrected chi connectivity index (χ4v) is 4.56. The lowest BCUT2D eigenvalue weighted by Gasteiger charge is -2.40. The minimum absolute atomic E-state index is 0.0405. The van der Waals surface area contributed by atoms with E-state index in [0.29, 0.717) is 47.0 Å². The summed E-state index contributed by atoms with van der Waals surface area (Å²) in [6.07, 6.45) is 0.774. The average Bonchev–Trinajstić information content (AvgIpc) is 2.79. The molecule has 3 N–H and O–H groups in total. The van der Waals surface area contributed by atoms with Gasteiger partial charge >= 0.3 is 5.97 Å². The Hall–Kier alpha value is -3.16. The number of hydrogen-bond acceptors (Lipinski definition) is 5. The molecule has 1 aromatic heterocycles. The van der Waals surface area contributed by atoms with Gasteiger partial charge in [-0.25, -0.2) is 4.98 Å². The van der Waals surface area contributed by atoms with Crippen LogP contribution in [0, 0.1) is 0 Å². The Morgan fingerprint density at radius 3 is 2.73 bits per heavy atom. The molecule has 4 rings (SSSR count). The maximum Gasteiger partial charge on any atom is 0.303 e. The van der Waals surface area contributed by atoms with E-state index in [1.165, 1.54) is 0 Å². The van der Waals surface area contributed by atoms with Crippen molar-refractivity contribution < 1.29 is 14.7 Å². The number of nitrogens with zero attached hydrogens (tertiary/aromatic N) is 3. The van der Waals surface area contributed by atoms with Crippen molar-refractivity contribution in [3.63, 3.8) is 0 Å². The van der Waals surface area contributed by atoms with Crippen LogP contribution in [0.15, 0.2) is 48.5 Å². The molecule has 0 radical (unpaired) electrons. The third kappa shape index (κ3) is 5.26. The maximum atomic E-state index is 13.2. The van der Waals surface area contributed by atoms with Gasteiger partial charge in [0, 0.05) is 54.3 Å². The maximum absolute atomic E-state index is 13.2. The number of rotatable bonds is 6. The summed E-state index contributed by atoms with van der Waals surface area (Å²) in [5, 5.41) is 10.2. The number of amides is 1. The average molecular weight is 467 g/mol. The normalized spacial score (nSPS) is 16.8. The number of piperazine rings is 1. The van der Waals surface area contributed by atoms with E-state index in [2.05, 4.69) is 11.8 Å². The van der Waals surface area contributed by atoms with Gasteiger partial charge in [-0.1, -0.05) is 29.8 Å². The summed E-state index contributed by atoms with van der Waals surface area (Å²) in [4.78, 5) is 32.8. The van der Waals surface area contributed by atoms with Crippen molar-refractivity contribution in [1.82, 2.24) is 14.8 Å². The number of carbonyl (C=O) groups excluding carboxylic acids is 1. The Balaban J connectivity index is 1.52. The lowest BCUT2D eigenvalue weighted by atomic mass is 10.1. The van der Waals surface area contributed by atoms with Crippen LogP contribution in [0.3, 0.4) is 0 Å². The first-order valence-electron chi connectivity index (χ1n) is 11.0. The van der Waals surface area contributed by atoms with Crippen LogP contribution < -0.4 is 5.73 Å². The third-order valence-corrected chi connectivity index (χ3v) is 6.39. The first-order chi connectivity index (χ1) is 15.8. The fourth-order valence-electron chi connectivity index (χ4n) is 4.29. The van der Waals surface area contributed by atoms with Crippen molar-refractivity contribution in [3.05, 3.63) is 59.1 Å². The van der Waals surface area contributed by atoms with Crippen molar-refractivity contribution >= 4 is 40.1 Å². The molecule has 7 nitrogen and oxygen atoms in total. The summed E-state index contributed by atoms with van der Waals surface area (Å²) in [6.45, 7) is 4.72. The van der Waals surface area contributed by atoms with Crippen LogP contribution in [0.4, 0.5) is 5.69 Å². The van der Waals surface area contributed by atoms with Crippen molar-refractivity contribution in [2.45, 2.75) is 25.8 Å². The van der Waals surface area contributed by atoms with Gasteiger partial charge in [0.25, 0.3) is 5.91 Å². The van der Waals surface area contributed by atoms with Crippen LogP contribution in [-0.4, -0.2) is 64.0 Å². The predicted octanol–water partition coefficient (Wildman–Crippen LogP) is 4.15. The summed E-state index contributed by atoms with van der Waals surface area (Å²) in [5.41, 5.74) is 9.35. The number of nitrogen functional groups attached to an aromatic ring is 1. The number of pyridine rings is 1. The smallest absolute Gasteiger partial charge is 0.303 e. The zero-order valence-corrected chi connectivity index (χ0v) is 19.3. The number of benzene rings is 2. The molecule has 3 aromatic rings. The summed E-state index contributed by atoms with van der Waals surface area (Å²) < 4.78 is 0. The molecular weight excluding hydrogens is 440 g/mol. The molecule has 2 aromatic carbocycles. The van der Waals surface area contributed by atoms with Crippen LogP contribution in [-0.2, 0) is 4.79 Å². The number of hydrogen-bond donors (Lipinski definition) is 2. The van der Waals surface area contributed by atoms with Crippen LogP contribution in [0.5, 0.6) is 0 Å². The second-order valence-corrected chi connectivity index (χ2v) is 8.89. The van der Waals surface area contributed by atoms with E-state index in [1.54, 1.807) is 12.1 Å². The van der Waals surface area contributed by atoms with Gasteiger partial charge in [-0.2, -0.15) is 0 Å². The highest BCUT2D eigenvalue weighted by Gasteiger charge is 2.27. The minimum Gasteiger partial charge on any atom is -0.481 e. The Morgan fingerprint density at radius 2 is 2.00 bits per heavy atom. The zero-order chi connectivity index (χ0) is 23.5. The molecule has 0 saturated carbocycles. The highest BCUT2D eigenvalue weighted by molar-refractivity contribution is 6.35. The Kier molecular flexibility index (Phi) is 6.81. The summed E-state index contributed by atoms with van der Waals surface area (Å²) in [7, 11) is 0. The van der Waals surface area contributed by atoms with E-state index < -0.39 is 5.97 Å². The van der Waals surface area contributed by atoms with E-state index in [4.69, 9.17) is 27.4 Å². The largest absolute Gasteiger partial charge is 0.481 e. The molecule has 1 aliphatic heterocycles. The summed E-state index contributed by atoms with van der Waals surface area (Å²) >= 11 is 6.52. The Morgan fingerprint density at radius 1 is 1.18 bits per heavy atom. The van der Waals surface area contributed by atoms with Crippen LogP contribution in [0.25, 0.3) is 22.2 Å². The Bertz CT molecular complexity index is 1200. The van der Waals surface area contributed by atoms with Crippen molar-refractivity contribution in [1.29, 1.82) is 0 Å². The van der Waals surface area contributed by atoms with Crippen LogP contribution >= 0.6 is 11.6 Å². The monoisotopic (exact) mass is 466 g/mol. The van der Waals surface area contributed by atoms with E-state index >= 15 is 0 Å². The minimum atomic E-state index is -0.777. The van der Waals surface area contributed by atoms with Gasteiger partial charge < -0.3 is 15.7 Å². The molecular formula is C25H27ClN4O3. The second kappa shape index (κ2) is 9.77. The van der Waals surface area contributed by atoms with Gasteiger partial charge in [-0.3, -0.25) is 14.5 Å². The van der Waals surface area contributed by atoms with Gasteiger partial charge in [0.05, 0.1) is 16.2 Å². The highest BCUT2D eigenvalue weighted by atomic mass is 35.5. The first-order valence-corrected chi connectivity index (χ1v) is 11.4. The van der Waals surface area contributed by atoms with Gasteiger partial charge in [-0.05, 0) is 50.2 Å². The molecule has 0 aliphatic carbocycles. The molecule has 1 fully saturated rings. The van der Waals surface area contributed by atoms with Gasteiger partial charge in [0.1, 0.15) is 0 Å². The van der Waals surface area contributed by atoms with Crippen LogP contribution in [0.2, 0.25) is 5.02 Å². The summed E-state index contributed by atoms with van der Waals surface area (Å²) in [5.74, 6) is -0.818. The number of fused-ring (bicyclic) bond motifs is 1. The molecule has 1 amide bonds. The van der Waals surface area contributed by atoms with Gasteiger partial charge in [0.2, 0.25) is 0 Å². The second-order valence-electron chi connectivity index (χ2n) is 8.48. The van der Waals surface area contributed by atoms with E-state index in [9.17, 15) is 9.59 Å². The number of carbonyl (C=O) groups is 2. The molecule has 0 unspecified atom stereocenters. The lowest BCUT2D eigenvalue weighted by molar-refractivity contribution is -0.137. The number of aromatic nitrogens is 1. The molecule has 1 aliphatic rings. The number of carboxylic acid groups (broad SMARTS) is 1. The van der Waals surface area contributed by atoms with Gasteiger partial charge in [-0.15, -0.1) is 0 Å². The quantitative estimate of drug-likeness (QED) is 0.529. The van der Waals surface area contributed by atoms with E-state index in [0.717, 1.165) is 24.0 Å². The predicted molar refractivity (Wildman–Crippen MR) is 130 cm³/mol. The molecule has 172 valence electrons. The SMILES string of the molecule is C[C@@H]1CN(C(=O)c2ccc3c(Cl)cc(-c4cccc(N)c4)nc3c2)CCN1CCCC(=O)O. The lowest BCUT2D eigenvalue weighted by Crippen LogP contribution is -2.53. The topological polar surface area (TPSA) is 99.8 Å². The van der Waals surface area contributed by atoms with Crippen molar-refractivity contribution in [2.24, 2.45) is 0 Å². The number of anilines is 1. The van der Waals surface area contributed by atoms with E-state index in [1.807, 2.05) is 41.3 Å². The zero-order valence-electron chi connectivity index (χ0n) is 18.5. The van der Waals surface area contributed by atoms with Crippen molar-refractivity contribution in [2.75, 3.05) is 31.9 Å². The molecule has 33 heavy (non-hydrogen) atoms. The van der Waals surface area contributed by atoms with Crippen LogP contribution in [0.1, 0.15) is 30.1 Å². The number of halogens is 1.